The highest BCUT2D eigenvalue weighted by molar-refractivity contribution is 6.30. The van der Waals surface area contributed by atoms with E-state index in [1.165, 1.54) is 17.7 Å². The molecule has 1 N–H and O–H groups in total. The molecule has 110 valence electrons. The highest BCUT2D eigenvalue weighted by atomic mass is 35.5. The maximum absolute atomic E-state index is 13.1. The van der Waals surface area contributed by atoms with Gasteiger partial charge in [-0.25, -0.2) is 9.07 Å². The molecule has 0 saturated heterocycles. The quantitative estimate of drug-likeness (QED) is 0.764. The minimum Gasteiger partial charge on any atom is -0.369 e. The van der Waals surface area contributed by atoms with Crippen LogP contribution in [0.15, 0.2) is 48.5 Å². The summed E-state index contributed by atoms with van der Waals surface area (Å²) < 4.78 is 15.0. The first-order valence-corrected chi connectivity index (χ1v) is 7.48. The molecule has 5 heteroatoms. The minimum absolute atomic E-state index is 0.240. The van der Waals surface area contributed by atoms with Crippen molar-refractivity contribution in [2.45, 2.75) is 6.42 Å². The summed E-state index contributed by atoms with van der Waals surface area (Å²) in [6.07, 6.45) is 0.912. The standard InChI is InChI=1S/C17H13ClFN3/c18-12-3-7-14(8-4-12)22-17-15(9-10-20-17)16(21-22)11-1-5-13(19)6-2-11/h1-8,20H,9-10H2. The molecule has 0 radical (unpaired) electrons. The van der Waals surface area contributed by atoms with Crippen molar-refractivity contribution < 1.29 is 4.39 Å². The first kappa shape index (κ1) is 13.3. The second-order valence-electron chi connectivity index (χ2n) is 5.25. The van der Waals surface area contributed by atoms with Crippen molar-refractivity contribution in [1.29, 1.82) is 0 Å². The summed E-state index contributed by atoms with van der Waals surface area (Å²) >= 11 is 5.95. The third-order valence-electron chi connectivity index (χ3n) is 3.84. The molecule has 1 aliphatic rings. The van der Waals surface area contributed by atoms with Crippen LogP contribution in [0.25, 0.3) is 16.9 Å². The van der Waals surface area contributed by atoms with Gasteiger partial charge in [-0.3, -0.25) is 0 Å². The molecule has 0 fully saturated rings. The van der Waals surface area contributed by atoms with Gasteiger partial charge in [0.2, 0.25) is 0 Å². The maximum Gasteiger partial charge on any atom is 0.133 e. The molecular formula is C17H13ClFN3. The number of fused-ring (bicyclic) bond motifs is 1. The van der Waals surface area contributed by atoms with Crippen LogP contribution in [0.4, 0.5) is 10.2 Å². The Bertz CT molecular complexity index is 754. The van der Waals surface area contributed by atoms with E-state index in [4.69, 9.17) is 16.7 Å². The molecule has 3 aromatic rings. The van der Waals surface area contributed by atoms with E-state index in [9.17, 15) is 4.39 Å². The lowest BCUT2D eigenvalue weighted by Crippen LogP contribution is -2.04. The number of nitrogens with one attached hydrogen (secondary N) is 1. The molecule has 2 heterocycles. The monoisotopic (exact) mass is 313 g/mol. The van der Waals surface area contributed by atoms with Gasteiger partial charge in [-0.15, -0.1) is 0 Å². The van der Waals surface area contributed by atoms with Crippen LogP contribution in [0.5, 0.6) is 0 Å². The van der Waals surface area contributed by atoms with Crippen LogP contribution in [0.3, 0.4) is 0 Å². The number of halogens is 2. The lowest BCUT2D eigenvalue weighted by molar-refractivity contribution is 0.628. The van der Waals surface area contributed by atoms with Gasteiger partial charge < -0.3 is 5.32 Å². The molecule has 1 aliphatic heterocycles. The highest BCUT2D eigenvalue weighted by Gasteiger charge is 2.23. The maximum atomic E-state index is 13.1. The topological polar surface area (TPSA) is 29.9 Å². The van der Waals surface area contributed by atoms with Gasteiger partial charge in [-0.1, -0.05) is 11.6 Å². The van der Waals surface area contributed by atoms with Crippen LogP contribution < -0.4 is 5.32 Å². The zero-order valence-corrected chi connectivity index (χ0v) is 12.4. The fraction of sp³-hybridized carbons (Fsp3) is 0.118. The van der Waals surface area contributed by atoms with Crippen LogP contribution in [-0.4, -0.2) is 16.3 Å². The van der Waals surface area contributed by atoms with Gasteiger partial charge in [0.25, 0.3) is 0 Å². The van der Waals surface area contributed by atoms with E-state index in [1.807, 2.05) is 28.9 Å². The van der Waals surface area contributed by atoms with Crippen molar-refractivity contribution in [3.8, 4) is 16.9 Å². The first-order chi connectivity index (χ1) is 10.7. The first-order valence-electron chi connectivity index (χ1n) is 7.10. The number of anilines is 1. The van der Waals surface area contributed by atoms with Gasteiger partial charge in [-0.2, -0.15) is 5.10 Å². The number of hydrogen-bond acceptors (Lipinski definition) is 2. The van der Waals surface area contributed by atoms with Gasteiger partial charge >= 0.3 is 0 Å². The van der Waals surface area contributed by atoms with Crippen molar-refractivity contribution in [2.75, 3.05) is 11.9 Å². The number of benzene rings is 2. The number of hydrogen-bond donors (Lipinski definition) is 1. The predicted molar refractivity (Wildman–Crippen MR) is 86.2 cm³/mol. The molecule has 0 aliphatic carbocycles. The molecule has 0 atom stereocenters. The number of aromatic nitrogens is 2. The van der Waals surface area contributed by atoms with Crippen molar-refractivity contribution in [3.63, 3.8) is 0 Å². The van der Waals surface area contributed by atoms with Crippen molar-refractivity contribution in [2.24, 2.45) is 0 Å². The predicted octanol–water partition coefficient (Wildman–Crippen LogP) is 4.30. The minimum atomic E-state index is -0.240. The average Bonchev–Trinajstić information content (AvgIpc) is 3.12. The average molecular weight is 314 g/mol. The molecule has 1 aromatic heterocycles. The van der Waals surface area contributed by atoms with Gasteiger partial charge in [0.1, 0.15) is 11.6 Å². The summed E-state index contributed by atoms with van der Waals surface area (Å²) in [6.45, 7) is 0.884. The van der Waals surface area contributed by atoms with E-state index in [2.05, 4.69) is 5.32 Å². The fourth-order valence-corrected chi connectivity index (χ4v) is 2.91. The molecular weight excluding hydrogens is 301 g/mol. The van der Waals surface area contributed by atoms with E-state index in [1.54, 1.807) is 12.1 Å². The normalized spacial score (nSPS) is 13.0. The lowest BCUT2D eigenvalue weighted by Gasteiger charge is -2.06. The molecule has 3 nitrogen and oxygen atoms in total. The van der Waals surface area contributed by atoms with Crippen molar-refractivity contribution in [1.82, 2.24) is 9.78 Å². The molecule has 0 spiro atoms. The molecule has 0 saturated carbocycles. The lowest BCUT2D eigenvalue weighted by atomic mass is 10.1. The Hall–Kier alpha value is -2.33. The van der Waals surface area contributed by atoms with Crippen LogP contribution >= 0.6 is 11.6 Å². The second-order valence-corrected chi connectivity index (χ2v) is 5.68. The Balaban J connectivity index is 1.86. The summed E-state index contributed by atoms with van der Waals surface area (Å²) in [5.74, 6) is 0.761. The Labute approximate surface area is 132 Å². The van der Waals surface area contributed by atoms with E-state index < -0.39 is 0 Å². The SMILES string of the molecule is Fc1ccc(-c2nn(-c3ccc(Cl)cc3)c3c2CCN3)cc1. The van der Waals surface area contributed by atoms with Gasteiger partial charge in [0.15, 0.2) is 0 Å². The van der Waals surface area contributed by atoms with Crippen molar-refractivity contribution in [3.05, 3.63) is 64.9 Å². The summed E-state index contributed by atoms with van der Waals surface area (Å²) in [7, 11) is 0. The smallest absolute Gasteiger partial charge is 0.133 e. The van der Waals surface area contributed by atoms with E-state index in [-0.39, 0.29) is 5.82 Å². The zero-order valence-electron chi connectivity index (χ0n) is 11.7. The van der Waals surface area contributed by atoms with Gasteiger partial charge in [0, 0.05) is 22.7 Å². The zero-order chi connectivity index (χ0) is 15.1. The van der Waals surface area contributed by atoms with Crippen LogP contribution in [-0.2, 0) is 6.42 Å². The van der Waals surface area contributed by atoms with Gasteiger partial charge in [0.05, 0.1) is 11.4 Å². The highest BCUT2D eigenvalue weighted by Crippen LogP contribution is 2.34. The number of rotatable bonds is 2. The summed E-state index contributed by atoms with van der Waals surface area (Å²) in [5, 5.41) is 8.79. The molecule has 4 rings (SSSR count). The number of nitrogens with zero attached hydrogens (tertiary/aromatic N) is 2. The van der Waals surface area contributed by atoms with Crippen LogP contribution in [0.1, 0.15) is 5.56 Å². The largest absolute Gasteiger partial charge is 0.369 e. The summed E-state index contributed by atoms with van der Waals surface area (Å²) in [4.78, 5) is 0. The molecule has 0 amide bonds. The van der Waals surface area contributed by atoms with E-state index in [0.717, 1.165) is 35.7 Å². The van der Waals surface area contributed by atoms with Crippen LogP contribution in [0, 0.1) is 5.82 Å². The molecule has 0 unspecified atom stereocenters. The Morgan fingerprint density at radius 3 is 2.50 bits per heavy atom. The second kappa shape index (κ2) is 5.14. The Morgan fingerprint density at radius 2 is 1.77 bits per heavy atom. The van der Waals surface area contributed by atoms with E-state index in [0.29, 0.717) is 5.02 Å². The molecule has 22 heavy (non-hydrogen) atoms. The Morgan fingerprint density at radius 1 is 1.05 bits per heavy atom. The molecule has 0 bridgehead atoms. The fourth-order valence-electron chi connectivity index (χ4n) is 2.78. The molecule has 2 aromatic carbocycles. The summed E-state index contributed by atoms with van der Waals surface area (Å²) in [5.41, 5.74) is 3.94. The van der Waals surface area contributed by atoms with E-state index >= 15 is 0 Å². The third kappa shape index (κ3) is 2.16. The van der Waals surface area contributed by atoms with Gasteiger partial charge in [-0.05, 0) is 55.0 Å². The van der Waals surface area contributed by atoms with Crippen LogP contribution in [0.2, 0.25) is 5.02 Å². The third-order valence-corrected chi connectivity index (χ3v) is 4.09. The summed E-state index contributed by atoms with van der Waals surface area (Å²) in [6, 6.07) is 14.0. The van der Waals surface area contributed by atoms with Crippen molar-refractivity contribution >= 4 is 17.4 Å². The Kier molecular flexibility index (Phi) is 3.12.